The molecule has 7 heteroatoms. The molecule has 0 saturated heterocycles. The Balaban J connectivity index is 0.000000383. The zero-order valence-corrected chi connectivity index (χ0v) is 18.7. The fourth-order valence-corrected chi connectivity index (χ4v) is 2.43. The molecule has 0 aliphatic carbocycles. The van der Waals surface area contributed by atoms with E-state index < -0.39 is 0 Å². The van der Waals surface area contributed by atoms with Gasteiger partial charge in [0.15, 0.2) is 0 Å². The molecule has 0 unspecified atom stereocenters. The third kappa shape index (κ3) is 7.00. The molecule has 30 heavy (non-hydrogen) atoms. The smallest absolute Gasteiger partial charge is 0.333 e. The Kier molecular flexibility index (Phi) is 10.3. The van der Waals surface area contributed by atoms with E-state index in [2.05, 4.69) is 21.5 Å². The van der Waals surface area contributed by atoms with Crippen LogP contribution in [0, 0.1) is 0 Å². The van der Waals surface area contributed by atoms with Crippen molar-refractivity contribution in [2.45, 2.75) is 34.2 Å². The predicted molar refractivity (Wildman–Crippen MR) is 121 cm³/mol. The van der Waals surface area contributed by atoms with Crippen LogP contribution in [-0.2, 0) is 16.1 Å². The molecule has 0 bridgehead atoms. The van der Waals surface area contributed by atoms with Crippen molar-refractivity contribution >= 4 is 17.0 Å². The molecule has 0 aliphatic heterocycles. The second-order valence-corrected chi connectivity index (χ2v) is 6.50. The monoisotopic (exact) mass is 412 g/mol. The molecule has 1 heterocycles. The number of fused-ring (bicyclic) bond motifs is 1. The van der Waals surface area contributed by atoms with E-state index in [0.29, 0.717) is 24.4 Å². The lowest BCUT2D eigenvalue weighted by Gasteiger charge is -2.13. The largest absolute Gasteiger partial charge is 0.505 e. The lowest BCUT2D eigenvalue weighted by molar-refractivity contribution is -0.138. The molecule has 0 spiro atoms. The average molecular weight is 413 g/mol. The minimum Gasteiger partial charge on any atom is -0.505 e. The summed E-state index contributed by atoms with van der Waals surface area (Å²) >= 11 is 0. The van der Waals surface area contributed by atoms with E-state index in [4.69, 9.17) is 0 Å². The third-order valence-electron chi connectivity index (χ3n) is 3.71. The van der Waals surface area contributed by atoms with Crippen molar-refractivity contribution in [1.29, 1.82) is 0 Å². The van der Waals surface area contributed by atoms with Gasteiger partial charge >= 0.3 is 5.97 Å². The van der Waals surface area contributed by atoms with Crippen LogP contribution in [0.4, 0.5) is 0 Å². The Hall–Kier alpha value is -3.19. The Bertz CT molecular complexity index is 931. The molecule has 0 saturated carbocycles. The molecule has 0 amide bonds. The van der Waals surface area contributed by atoms with Crippen molar-refractivity contribution in [3.63, 3.8) is 0 Å². The molecule has 0 atom stereocenters. The summed E-state index contributed by atoms with van der Waals surface area (Å²) in [6.45, 7) is 11.9. The maximum absolute atomic E-state index is 10.4. The van der Waals surface area contributed by atoms with Gasteiger partial charge in [-0.05, 0) is 46.1 Å². The molecule has 3 aromatic rings. The quantitative estimate of drug-likeness (QED) is 0.496. The van der Waals surface area contributed by atoms with Crippen LogP contribution in [0.1, 0.15) is 33.3 Å². The van der Waals surface area contributed by atoms with Gasteiger partial charge in [-0.15, -0.1) is 15.0 Å². The molecule has 162 valence electrons. The summed E-state index contributed by atoms with van der Waals surface area (Å²) in [5.74, 6) is -0.0889. The topological polar surface area (TPSA) is 80.5 Å². The highest BCUT2D eigenvalue weighted by Crippen LogP contribution is 2.26. The normalized spacial score (nSPS) is 9.97. The number of esters is 1. The number of hydrogen-bond acceptors (Lipinski definition) is 6. The summed E-state index contributed by atoms with van der Waals surface area (Å²) in [7, 11) is 3.93. The van der Waals surface area contributed by atoms with Crippen LogP contribution in [0.15, 0.2) is 54.6 Å². The zero-order valence-electron chi connectivity index (χ0n) is 18.7. The van der Waals surface area contributed by atoms with E-state index in [1.165, 1.54) is 4.80 Å². The molecule has 0 aliphatic rings. The van der Waals surface area contributed by atoms with Crippen LogP contribution in [0.3, 0.4) is 0 Å². The first kappa shape index (κ1) is 24.8. The number of rotatable bonds is 5. The van der Waals surface area contributed by atoms with Crippen LogP contribution >= 0.6 is 0 Å². The van der Waals surface area contributed by atoms with E-state index in [1.54, 1.807) is 13.8 Å². The van der Waals surface area contributed by atoms with Crippen molar-refractivity contribution < 1.29 is 14.6 Å². The van der Waals surface area contributed by atoms with Crippen molar-refractivity contribution in [2.75, 3.05) is 20.7 Å². The second kappa shape index (κ2) is 12.4. The lowest BCUT2D eigenvalue weighted by atomic mass is 10.1. The maximum atomic E-state index is 10.4. The number of para-hydroxylation sites is 1. The molecule has 0 fully saturated rings. The van der Waals surface area contributed by atoms with E-state index in [-0.39, 0.29) is 11.7 Å². The number of ether oxygens (including phenoxy) is 1. The van der Waals surface area contributed by atoms with Gasteiger partial charge in [0, 0.05) is 17.7 Å². The Labute approximate surface area is 178 Å². The molecule has 0 radical (unpaired) electrons. The van der Waals surface area contributed by atoms with E-state index in [1.807, 2.05) is 75.3 Å². The number of phenols is 1. The number of hydrogen-bond donors (Lipinski definition) is 1. The Morgan fingerprint density at radius 1 is 1.10 bits per heavy atom. The number of phenolic OH excluding ortho intramolecular Hbond substituents is 1. The molecule has 1 aromatic heterocycles. The second-order valence-electron chi connectivity index (χ2n) is 6.50. The standard InChI is InChI=1S/C15H16N4O.C6H10O2.C2H6/c1-18(2)10-11-6-5-9-14(15(11)20)19-16-12-7-3-4-8-13(12)17-19;1-4-8-6(7)5(2)3;1-2/h3-9,20H,10H2,1-2H3;2,4H2,1,3H3;1-2H3. The molecule has 3 rings (SSSR count). The van der Waals surface area contributed by atoms with Crippen LogP contribution in [0.5, 0.6) is 5.75 Å². The Morgan fingerprint density at radius 3 is 2.10 bits per heavy atom. The highest BCUT2D eigenvalue weighted by molar-refractivity contribution is 5.86. The molecule has 7 nitrogen and oxygen atoms in total. The summed E-state index contributed by atoms with van der Waals surface area (Å²) in [6, 6.07) is 13.3. The van der Waals surface area contributed by atoms with Gasteiger partial charge in [0.25, 0.3) is 0 Å². The van der Waals surface area contributed by atoms with Crippen molar-refractivity contribution in [1.82, 2.24) is 19.9 Å². The SMILES string of the molecule is C=C(C)C(=O)OCC.CC.CN(C)Cc1cccc(-n2nc3ccccc3n2)c1O. The maximum Gasteiger partial charge on any atom is 0.333 e. The van der Waals surface area contributed by atoms with Crippen LogP contribution in [0.25, 0.3) is 16.7 Å². The third-order valence-corrected chi connectivity index (χ3v) is 3.71. The number of aromatic hydroxyl groups is 1. The van der Waals surface area contributed by atoms with E-state index >= 15 is 0 Å². The first-order valence-corrected chi connectivity index (χ1v) is 9.94. The lowest BCUT2D eigenvalue weighted by Crippen LogP contribution is -2.11. The van der Waals surface area contributed by atoms with E-state index in [0.717, 1.165) is 16.6 Å². The van der Waals surface area contributed by atoms with Gasteiger partial charge in [-0.3, -0.25) is 0 Å². The summed E-state index contributed by atoms with van der Waals surface area (Å²) in [6.07, 6.45) is 0. The summed E-state index contributed by atoms with van der Waals surface area (Å²) < 4.78 is 4.56. The minimum atomic E-state index is -0.312. The van der Waals surface area contributed by atoms with Gasteiger partial charge < -0.3 is 14.7 Å². The molecule has 1 N–H and O–H groups in total. The fraction of sp³-hybridized carbons (Fsp3) is 0.348. The van der Waals surface area contributed by atoms with Crippen LogP contribution < -0.4 is 0 Å². The predicted octanol–water partition coefficient (Wildman–Crippen LogP) is 4.34. The van der Waals surface area contributed by atoms with Crippen LogP contribution in [0.2, 0.25) is 0 Å². The zero-order chi connectivity index (χ0) is 22.7. The van der Waals surface area contributed by atoms with Gasteiger partial charge in [-0.1, -0.05) is 44.7 Å². The van der Waals surface area contributed by atoms with Gasteiger partial charge in [-0.2, -0.15) is 0 Å². The van der Waals surface area contributed by atoms with E-state index in [9.17, 15) is 9.90 Å². The first-order valence-electron chi connectivity index (χ1n) is 9.94. The molecular weight excluding hydrogens is 380 g/mol. The highest BCUT2D eigenvalue weighted by Gasteiger charge is 2.12. The highest BCUT2D eigenvalue weighted by atomic mass is 16.5. The number of carbonyl (C=O) groups excluding carboxylic acids is 1. The van der Waals surface area contributed by atoms with Gasteiger partial charge in [-0.25, -0.2) is 4.79 Å². The van der Waals surface area contributed by atoms with Crippen molar-refractivity contribution in [3.05, 3.63) is 60.2 Å². The summed E-state index contributed by atoms with van der Waals surface area (Å²) in [4.78, 5) is 13.9. The minimum absolute atomic E-state index is 0.224. The molecule has 2 aromatic carbocycles. The fourth-order valence-electron chi connectivity index (χ4n) is 2.43. The van der Waals surface area contributed by atoms with Gasteiger partial charge in [0.2, 0.25) is 0 Å². The number of aromatic nitrogens is 3. The van der Waals surface area contributed by atoms with Crippen LogP contribution in [-0.4, -0.2) is 51.7 Å². The molecular formula is C23H32N4O3. The first-order chi connectivity index (χ1) is 14.3. The average Bonchev–Trinajstić information content (AvgIpc) is 3.15. The number of carbonyl (C=O) groups is 1. The van der Waals surface area contributed by atoms with Gasteiger partial charge in [0.1, 0.15) is 22.5 Å². The van der Waals surface area contributed by atoms with Crippen molar-refractivity contribution in [3.8, 4) is 11.4 Å². The summed E-state index contributed by atoms with van der Waals surface area (Å²) in [5.41, 5.74) is 3.52. The number of benzene rings is 2. The van der Waals surface area contributed by atoms with Crippen molar-refractivity contribution in [2.24, 2.45) is 0 Å². The Morgan fingerprint density at radius 2 is 1.67 bits per heavy atom. The van der Waals surface area contributed by atoms with Gasteiger partial charge in [0.05, 0.1) is 6.61 Å². The summed E-state index contributed by atoms with van der Waals surface area (Å²) in [5, 5.41) is 19.2. The number of nitrogens with zero attached hydrogens (tertiary/aromatic N) is 4.